The van der Waals surface area contributed by atoms with Gasteiger partial charge in [-0.2, -0.15) is 13.2 Å². The van der Waals surface area contributed by atoms with E-state index in [9.17, 15) is 22.8 Å². The van der Waals surface area contributed by atoms with E-state index in [1.54, 1.807) is 0 Å². The van der Waals surface area contributed by atoms with Crippen molar-refractivity contribution < 1.29 is 32.4 Å². The van der Waals surface area contributed by atoms with E-state index in [0.29, 0.717) is 6.92 Å². The van der Waals surface area contributed by atoms with Crippen molar-refractivity contribution in [1.29, 1.82) is 0 Å². The van der Waals surface area contributed by atoms with Crippen LogP contribution in [0.15, 0.2) is 16.8 Å². The maximum Gasteiger partial charge on any atom is 0.422 e. The molecule has 1 unspecified atom stereocenters. The molecule has 1 aromatic rings. The molecule has 1 heterocycles. The summed E-state index contributed by atoms with van der Waals surface area (Å²) in [5, 5.41) is 13.0. The highest BCUT2D eigenvalue weighted by atomic mass is 19.4. The van der Waals surface area contributed by atoms with Gasteiger partial charge in [-0.05, 0) is 6.92 Å². The van der Waals surface area contributed by atoms with Crippen molar-refractivity contribution in [3.8, 4) is 0 Å². The Morgan fingerprint density at radius 1 is 1.47 bits per heavy atom. The van der Waals surface area contributed by atoms with Crippen molar-refractivity contribution in [3.05, 3.63) is 18.0 Å². The molecular weight excluding hydrogens is 245 g/mol. The van der Waals surface area contributed by atoms with Crippen molar-refractivity contribution in [3.63, 3.8) is 0 Å². The van der Waals surface area contributed by atoms with Gasteiger partial charge in [0.05, 0.1) is 6.20 Å². The molecule has 0 saturated heterocycles. The number of hydrogen-bond acceptors (Lipinski definition) is 4. The van der Waals surface area contributed by atoms with Crippen LogP contribution in [-0.4, -0.2) is 33.9 Å². The second-order valence-electron chi connectivity index (χ2n) is 3.26. The Morgan fingerprint density at radius 3 is 2.41 bits per heavy atom. The van der Waals surface area contributed by atoms with Crippen LogP contribution < -0.4 is 5.32 Å². The molecule has 1 atom stereocenters. The van der Waals surface area contributed by atoms with Gasteiger partial charge in [-0.15, -0.1) is 0 Å². The van der Waals surface area contributed by atoms with Gasteiger partial charge in [0.25, 0.3) is 5.91 Å². The summed E-state index contributed by atoms with van der Waals surface area (Å²) >= 11 is 0. The first kappa shape index (κ1) is 13.0. The van der Waals surface area contributed by atoms with Gasteiger partial charge < -0.3 is 14.9 Å². The van der Waals surface area contributed by atoms with Crippen LogP contribution in [0.5, 0.6) is 0 Å². The van der Waals surface area contributed by atoms with Crippen LogP contribution in [0.1, 0.15) is 17.5 Å². The number of carboxylic acids is 1. The summed E-state index contributed by atoms with van der Waals surface area (Å²) in [4.78, 5) is 21.9. The highest BCUT2D eigenvalue weighted by molar-refractivity contribution is 5.95. The van der Waals surface area contributed by atoms with Crippen molar-refractivity contribution in [2.24, 2.45) is 0 Å². The summed E-state index contributed by atoms with van der Waals surface area (Å²) < 4.78 is 41.9. The fourth-order valence-electron chi connectivity index (χ4n) is 0.867. The van der Waals surface area contributed by atoms with Crippen molar-refractivity contribution in [1.82, 2.24) is 10.5 Å². The van der Waals surface area contributed by atoms with Crippen LogP contribution in [0, 0.1) is 0 Å². The van der Waals surface area contributed by atoms with E-state index < -0.39 is 29.4 Å². The number of carbonyl (C=O) groups excluding carboxylic acids is 1. The number of amides is 1. The lowest BCUT2D eigenvalue weighted by atomic mass is 10.0. The highest BCUT2D eigenvalue weighted by Crippen LogP contribution is 2.30. The molecule has 1 aromatic heterocycles. The number of aliphatic carboxylic acids is 1. The Morgan fingerprint density at radius 2 is 2.06 bits per heavy atom. The maximum atomic E-state index is 12.5. The van der Waals surface area contributed by atoms with Crippen LogP contribution in [0.3, 0.4) is 0 Å². The quantitative estimate of drug-likeness (QED) is 0.830. The monoisotopic (exact) mass is 252 g/mol. The first-order chi connectivity index (χ1) is 7.68. The minimum atomic E-state index is -5.14. The van der Waals surface area contributed by atoms with E-state index in [0.717, 1.165) is 12.3 Å². The first-order valence-corrected chi connectivity index (χ1v) is 4.22. The lowest BCUT2D eigenvalue weighted by Crippen LogP contribution is -2.61. The molecule has 0 radical (unpaired) electrons. The zero-order valence-electron chi connectivity index (χ0n) is 8.41. The molecule has 1 rings (SSSR count). The third kappa shape index (κ3) is 2.37. The van der Waals surface area contributed by atoms with Gasteiger partial charge in [0, 0.05) is 6.07 Å². The Kier molecular flexibility index (Phi) is 3.12. The summed E-state index contributed by atoms with van der Waals surface area (Å²) in [5.41, 5.74) is -3.39. The predicted molar refractivity (Wildman–Crippen MR) is 46.1 cm³/mol. The maximum absolute atomic E-state index is 12.5. The first-order valence-electron chi connectivity index (χ1n) is 4.22. The summed E-state index contributed by atoms with van der Waals surface area (Å²) in [6, 6.07) is 1.01. The molecule has 0 aliphatic carbocycles. The lowest BCUT2D eigenvalue weighted by Gasteiger charge is -2.27. The lowest BCUT2D eigenvalue weighted by molar-refractivity contribution is -0.203. The van der Waals surface area contributed by atoms with Crippen LogP contribution in [0.25, 0.3) is 0 Å². The molecule has 9 heteroatoms. The molecule has 0 aromatic carbocycles. The van der Waals surface area contributed by atoms with Crippen LogP contribution in [0.2, 0.25) is 0 Å². The molecule has 17 heavy (non-hydrogen) atoms. The number of aromatic nitrogens is 1. The van der Waals surface area contributed by atoms with Crippen molar-refractivity contribution in [2.75, 3.05) is 0 Å². The van der Waals surface area contributed by atoms with E-state index in [1.165, 1.54) is 5.32 Å². The number of alkyl halides is 3. The van der Waals surface area contributed by atoms with E-state index >= 15 is 0 Å². The fourth-order valence-corrected chi connectivity index (χ4v) is 0.867. The van der Waals surface area contributed by atoms with Gasteiger partial charge in [-0.25, -0.2) is 4.79 Å². The number of carboxylic acid groups (broad SMARTS) is 1. The minimum Gasteiger partial charge on any atom is -0.479 e. The fraction of sp³-hybridized carbons (Fsp3) is 0.375. The second-order valence-corrected chi connectivity index (χ2v) is 3.26. The third-order valence-corrected chi connectivity index (χ3v) is 2.02. The number of halogens is 3. The minimum absolute atomic E-state index is 0.337. The molecular formula is C8H7F3N2O4. The SMILES string of the molecule is CC(NC(=O)c1ccno1)(C(=O)O)C(F)(F)F. The van der Waals surface area contributed by atoms with Gasteiger partial charge in [-0.1, -0.05) is 5.16 Å². The standard InChI is InChI=1S/C8H7F3N2O4/c1-7(6(15)16,8(9,10)11)13-5(14)4-2-3-12-17-4/h2-3H,1H3,(H,13,14)(H,15,16). The molecule has 0 bridgehead atoms. The Bertz CT molecular complexity index is 428. The van der Waals surface area contributed by atoms with Crippen LogP contribution >= 0.6 is 0 Å². The van der Waals surface area contributed by atoms with Crippen molar-refractivity contribution >= 4 is 11.9 Å². The summed E-state index contributed by atoms with van der Waals surface area (Å²) in [6.07, 6.45) is -4.10. The molecule has 6 nitrogen and oxygen atoms in total. The molecule has 1 amide bonds. The third-order valence-electron chi connectivity index (χ3n) is 2.02. The largest absolute Gasteiger partial charge is 0.479 e. The topological polar surface area (TPSA) is 92.4 Å². The number of carbonyl (C=O) groups is 2. The smallest absolute Gasteiger partial charge is 0.422 e. The summed E-state index contributed by atoms with van der Waals surface area (Å²) in [7, 11) is 0. The predicted octanol–water partition coefficient (Wildman–Crippen LogP) is 0.810. The normalized spacial score (nSPS) is 15.1. The molecule has 0 aliphatic heterocycles. The average Bonchev–Trinajstić information content (AvgIpc) is 2.67. The molecule has 0 aliphatic rings. The van der Waals surface area contributed by atoms with Crippen LogP contribution in [0.4, 0.5) is 13.2 Å². The summed E-state index contributed by atoms with van der Waals surface area (Å²) in [6.45, 7) is 0.337. The Labute approximate surface area is 92.4 Å². The Balaban J connectivity index is 2.97. The zero-order chi connectivity index (χ0) is 13.3. The van der Waals surface area contributed by atoms with E-state index in [-0.39, 0.29) is 0 Å². The summed E-state index contributed by atoms with van der Waals surface area (Å²) in [5.74, 6) is -4.05. The van der Waals surface area contributed by atoms with Gasteiger partial charge in [0.2, 0.25) is 11.3 Å². The number of nitrogens with one attached hydrogen (secondary N) is 1. The van der Waals surface area contributed by atoms with Gasteiger partial charge in [0.15, 0.2) is 0 Å². The molecule has 0 spiro atoms. The van der Waals surface area contributed by atoms with Crippen molar-refractivity contribution in [2.45, 2.75) is 18.6 Å². The van der Waals surface area contributed by atoms with E-state index in [1.807, 2.05) is 0 Å². The number of nitrogens with zero attached hydrogens (tertiary/aromatic N) is 1. The number of rotatable bonds is 3. The molecule has 0 fully saturated rings. The molecule has 94 valence electrons. The average molecular weight is 252 g/mol. The zero-order valence-corrected chi connectivity index (χ0v) is 8.41. The van der Waals surface area contributed by atoms with Gasteiger partial charge in [-0.3, -0.25) is 4.79 Å². The van der Waals surface area contributed by atoms with E-state index in [4.69, 9.17) is 5.11 Å². The number of hydrogen-bond donors (Lipinski definition) is 2. The van der Waals surface area contributed by atoms with E-state index in [2.05, 4.69) is 9.68 Å². The van der Waals surface area contributed by atoms with Gasteiger partial charge >= 0.3 is 12.1 Å². The highest BCUT2D eigenvalue weighted by Gasteiger charge is 2.58. The molecule has 2 N–H and O–H groups in total. The van der Waals surface area contributed by atoms with Crippen LogP contribution in [-0.2, 0) is 4.79 Å². The second kappa shape index (κ2) is 4.07. The van der Waals surface area contributed by atoms with Gasteiger partial charge in [0.1, 0.15) is 0 Å². The molecule has 0 saturated carbocycles. The Hall–Kier alpha value is -2.06.